The molecule has 0 bridgehead atoms. The molecule has 3 rings (SSSR count). The quantitative estimate of drug-likeness (QED) is 0.780. The minimum Gasteiger partial charge on any atom is -0.487 e. The first kappa shape index (κ1) is 16.3. The summed E-state index contributed by atoms with van der Waals surface area (Å²) in [6, 6.07) is 20.2. The number of fused-ring (bicyclic) bond motifs is 1. The number of hydrogen-bond acceptors (Lipinski definition) is 3. The second-order valence-electron chi connectivity index (χ2n) is 4.97. The van der Waals surface area contributed by atoms with Crippen molar-refractivity contribution < 1.29 is 4.74 Å². The molecule has 0 fully saturated rings. The van der Waals surface area contributed by atoms with Crippen molar-refractivity contribution >= 4 is 23.3 Å². The second kappa shape index (κ2) is 7.78. The molecule has 0 amide bonds. The van der Waals surface area contributed by atoms with Gasteiger partial charge >= 0.3 is 0 Å². The van der Waals surface area contributed by atoms with Crippen LogP contribution in [-0.4, -0.2) is 11.5 Å². The summed E-state index contributed by atoms with van der Waals surface area (Å²) in [6.07, 6.45) is 0.895. The Balaban J connectivity index is 0.00000176. The lowest BCUT2D eigenvalue weighted by atomic mass is 10.1. The normalized spacial score (nSPS) is 10.2. The molecule has 0 aliphatic heterocycles. The number of benzene rings is 2. The molecular weight excluding hydrogens is 296 g/mol. The molecule has 0 aliphatic carbocycles. The summed E-state index contributed by atoms with van der Waals surface area (Å²) >= 11 is 0. The fourth-order valence-corrected chi connectivity index (χ4v) is 2.26. The number of para-hydroxylation sites is 1. The number of nitrogens with two attached hydrogens (primary N) is 1. The van der Waals surface area contributed by atoms with Gasteiger partial charge in [-0.15, -0.1) is 12.4 Å². The van der Waals surface area contributed by atoms with E-state index in [1.54, 1.807) is 0 Å². The highest BCUT2D eigenvalue weighted by molar-refractivity contribution is 5.85. The summed E-state index contributed by atoms with van der Waals surface area (Å²) in [5, 5.41) is 1.15. The maximum absolute atomic E-state index is 5.78. The highest BCUT2D eigenvalue weighted by Gasteiger charge is 2.00. The van der Waals surface area contributed by atoms with Gasteiger partial charge in [-0.3, -0.25) is 0 Å². The van der Waals surface area contributed by atoms with Crippen molar-refractivity contribution in [1.82, 2.24) is 4.98 Å². The SMILES string of the molecule is Cl.NCCc1ccc(OCc2ccc3ccccc3n2)cc1. The predicted octanol–water partition coefficient (Wildman–Crippen LogP) is 3.74. The smallest absolute Gasteiger partial charge is 0.130 e. The Labute approximate surface area is 136 Å². The van der Waals surface area contributed by atoms with Crippen molar-refractivity contribution in [2.24, 2.45) is 5.73 Å². The monoisotopic (exact) mass is 314 g/mol. The molecule has 1 heterocycles. The Bertz CT molecular complexity index is 728. The van der Waals surface area contributed by atoms with E-state index in [-0.39, 0.29) is 12.4 Å². The molecule has 2 aromatic carbocycles. The molecule has 0 unspecified atom stereocenters. The van der Waals surface area contributed by atoms with Gasteiger partial charge in [-0.2, -0.15) is 0 Å². The zero-order valence-electron chi connectivity index (χ0n) is 12.2. The van der Waals surface area contributed by atoms with Crippen LogP contribution in [0.1, 0.15) is 11.3 Å². The Morgan fingerprint density at radius 3 is 2.45 bits per heavy atom. The van der Waals surface area contributed by atoms with Crippen LogP contribution in [0.3, 0.4) is 0 Å². The lowest BCUT2D eigenvalue weighted by Crippen LogP contribution is -2.02. The number of halogens is 1. The number of hydrogen-bond donors (Lipinski definition) is 1. The molecule has 0 saturated heterocycles. The van der Waals surface area contributed by atoms with E-state index in [9.17, 15) is 0 Å². The molecule has 0 spiro atoms. The minimum absolute atomic E-state index is 0. The summed E-state index contributed by atoms with van der Waals surface area (Å²) in [7, 11) is 0. The fourth-order valence-electron chi connectivity index (χ4n) is 2.26. The van der Waals surface area contributed by atoms with Gasteiger partial charge in [0.05, 0.1) is 11.2 Å². The molecule has 0 atom stereocenters. The number of ether oxygens (including phenoxy) is 1. The number of nitrogens with zero attached hydrogens (tertiary/aromatic N) is 1. The third-order valence-electron chi connectivity index (χ3n) is 3.40. The lowest BCUT2D eigenvalue weighted by Gasteiger charge is -2.07. The molecule has 0 aliphatic rings. The molecule has 3 nitrogen and oxygen atoms in total. The van der Waals surface area contributed by atoms with Gasteiger partial charge in [0.25, 0.3) is 0 Å². The highest BCUT2D eigenvalue weighted by Crippen LogP contribution is 2.16. The van der Waals surface area contributed by atoms with E-state index in [2.05, 4.69) is 29.2 Å². The van der Waals surface area contributed by atoms with Gasteiger partial charge < -0.3 is 10.5 Å². The standard InChI is InChI=1S/C18H18N2O.ClH/c19-12-11-14-5-9-17(10-6-14)21-13-16-8-7-15-3-1-2-4-18(15)20-16;/h1-10H,11-13,19H2;1H. The maximum atomic E-state index is 5.78. The van der Waals surface area contributed by atoms with Gasteiger partial charge in [-0.05, 0) is 42.8 Å². The van der Waals surface area contributed by atoms with E-state index in [1.807, 2.05) is 36.4 Å². The Kier molecular flexibility index (Phi) is 5.75. The first-order chi connectivity index (χ1) is 10.3. The summed E-state index contributed by atoms with van der Waals surface area (Å²) < 4.78 is 5.78. The fraction of sp³-hybridized carbons (Fsp3) is 0.167. The van der Waals surface area contributed by atoms with Crippen molar-refractivity contribution in [2.75, 3.05) is 6.54 Å². The summed E-state index contributed by atoms with van der Waals surface area (Å²) in [5.41, 5.74) is 8.70. The molecule has 22 heavy (non-hydrogen) atoms. The Hall–Kier alpha value is -2.10. The number of rotatable bonds is 5. The molecule has 0 saturated carbocycles. The minimum atomic E-state index is 0. The van der Waals surface area contributed by atoms with Crippen LogP contribution in [0, 0.1) is 0 Å². The number of aromatic nitrogens is 1. The third kappa shape index (κ3) is 3.97. The average molecular weight is 315 g/mol. The van der Waals surface area contributed by atoms with Gasteiger partial charge in [0.15, 0.2) is 0 Å². The van der Waals surface area contributed by atoms with Crippen LogP contribution in [0.5, 0.6) is 5.75 Å². The van der Waals surface area contributed by atoms with Gasteiger partial charge in [0, 0.05) is 5.39 Å². The molecule has 2 N–H and O–H groups in total. The molecule has 3 aromatic rings. The van der Waals surface area contributed by atoms with Gasteiger partial charge in [0.2, 0.25) is 0 Å². The summed E-state index contributed by atoms with van der Waals surface area (Å²) in [6.45, 7) is 1.14. The molecule has 4 heteroatoms. The van der Waals surface area contributed by atoms with Gasteiger partial charge in [-0.25, -0.2) is 4.98 Å². The molecule has 0 radical (unpaired) electrons. The van der Waals surface area contributed by atoms with Crippen molar-refractivity contribution in [2.45, 2.75) is 13.0 Å². The Morgan fingerprint density at radius 2 is 1.68 bits per heavy atom. The van der Waals surface area contributed by atoms with E-state index in [1.165, 1.54) is 5.56 Å². The van der Waals surface area contributed by atoms with Gasteiger partial charge in [0.1, 0.15) is 12.4 Å². The zero-order chi connectivity index (χ0) is 14.5. The highest BCUT2D eigenvalue weighted by atomic mass is 35.5. The van der Waals surface area contributed by atoms with Crippen LogP contribution in [0.25, 0.3) is 10.9 Å². The average Bonchev–Trinajstić information content (AvgIpc) is 2.54. The van der Waals surface area contributed by atoms with Crippen LogP contribution in [-0.2, 0) is 13.0 Å². The van der Waals surface area contributed by atoms with Crippen molar-refractivity contribution in [3.63, 3.8) is 0 Å². The second-order valence-corrected chi connectivity index (χ2v) is 4.97. The van der Waals surface area contributed by atoms with Crippen LogP contribution >= 0.6 is 12.4 Å². The first-order valence-corrected chi connectivity index (χ1v) is 7.11. The van der Waals surface area contributed by atoms with E-state index in [0.717, 1.165) is 28.8 Å². The topological polar surface area (TPSA) is 48.1 Å². The van der Waals surface area contributed by atoms with E-state index < -0.39 is 0 Å². The third-order valence-corrected chi connectivity index (χ3v) is 3.40. The van der Waals surface area contributed by atoms with Crippen LogP contribution in [0.4, 0.5) is 0 Å². The van der Waals surface area contributed by atoms with Crippen LogP contribution in [0.2, 0.25) is 0 Å². The summed E-state index contributed by atoms with van der Waals surface area (Å²) in [4.78, 5) is 4.60. The summed E-state index contributed by atoms with van der Waals surface area (Å²) in [5.74, 6) is 0.853. The molecule has 114 valence electrons. The van der Waals surface area contributed by atoms with Gasteiger partial charge in [-0.1, -0.05) is 36.4 Å². The van der Waals surface area contributed by atoms with Crippen molar-refractivity contribution in [1.29, 1.82) is 0 Å². The maximum Gasteiger partial charge on any atom is 0.130 e. The predicted molar refractivity (Wildman–Crippen MR) is 92.5 cm³/mol. The zero-order valence-corrected chi connectivity index (χ0v) is 13.1. The largest absolute Gasteiger partial charge is 0.487 e. The molecule has 1 aromatic heterocycles. The van der Waals surface area contributed by atoms with Crippen LogP contribution < -0.4 is 10.5 Å². The molecular formula is C18H19ClN2O. The van der Waals surface area contributed by atoms with E-state index in [0.29, 0.717) is 13.2 Å². The Morgan fingerprint density at radius 1 is 0.909 bits per heavy atom. The van der Waals surface area contributed by atoms with E-state index in [4.69, 9.17) is 10.5 Å². The van der Waals surface area contributed by atoms with Crippen LogP contribution in [0.15, 0.2) is 60.7 Å². The number of pyridine rings is 1. The van der Waals surface area contributed by atoms with E-state index >= 15 is 0 Å². The lowest BCUT2D eigenvalue weighted by molar-refractivity contribution is 0.301. The van der Waals surface area contributed by atoms with Crippen molar-refractivity contribution in [3.05, 3.63) is 71.9 Å². The first-order valence-electron chi connectivity index (χ1n) is 7.11. The van der Waals surface area contributed by atoms with Crippen molar-refractivity contribution in [3.8, 4) is 5.75 Å².